The Morgan fingerprint density at radius 3 is 2.59 bits per heavy atom. The van der Waals surface area contributed by atoms with Crippen LogP contribution in [0.15, 0.2) is 73.1 Å². The predicted octanol–water partition coefficient (Wildman–Crippen LogP) is 3.58. The minimum absolute atomic E-state index is 0.0546. The smallest absolute Gasteiger partial charge is 0.231 e. The zero-order chi connectivity index (χ0) is 20.2. The number of hydrogen-bond donors (Lipinski definition) is 1. The zero-order valence-electron chi connectivity index (χ0n) is 15.3. The number of rotatable bonds is 6. The van der Waals surface area contributed by atoms with Crippen LogP contribution in [0.4, 0.5) is 14.6 Å². The summed E-state index contributed by atoms with van der Waals surface area (Å²) in [6, 6.07) is 15.7. The van der Waals surface area contributed by atoms with Crippen LogP contribution in [0.2, 0.25) is 0 Å². The van der Waals surface area contributed by atoms with Gasteiger partial charge in [0.2, 0.25) is 5.91 Å². The lowest BCUT2D eigenvalue weighted by molar-refractivity contribution is -0.115. The first-order valence-electron chi connectivity index (χ1n) is 8.94. The third-order valence-electron chi connectivity index (χ3n) is 4.34. The van der Waals surface area contributed by atoms with E-state index in [1.165, 1.54) is 22.9 Å². The summed E-state index contributed by atoms with van der Waals surface area (Å²) >= 11 is 0. The molecule has 0 saturated heterocycles. The van der Waals surface area contributed by atoms with Crippen molar-refractivity contribution >= 4 is 11.7 Å². The molecule has 0 aliphatic rings. The molecule has 2 aromatic carbocycles. The van der Waals surface area contributed by atoms with Crippen LogP contribution < -0.4 is 5.32 Å². The fraction of sp³-hybridized carbons (Fsp3) is 0.0952. The van der Waals surface area contributed by atoms with Gasteiger partial charge in [-0.1, -0.05) is 18.2 Å². The van der Waals surface area contributed by atoms with Crippen LogP contribution >= 0.6 is 0 Å². The van der Waals surface area contributed by atoms with Gasteiger partial charge in [-0.25, -0.2) is 18.1 Å². The molecule has 0 atom stereocenters. The number of carbonyl (C=O) groups excluding carboxylic acids is 1. The standard InChI is InChI=1S/C21H17F2N5O/c22-16-5-7-18(8-6-16)27-12-10-17(26-27)13-21(29)25-20-9-11-24-28(20)14-15-3-1-2-4-19(15)23/h1-12H,13-14H2,(H,25,29). The molecule has 8 heteroatoms. The Bertz CT molecular complexity index is 1130. The number of carbonyl (C=O) groups is 1. The molecule has 0 unspecified atom stereocenters. The SMILES string of the molecule is O=C(Cc1ccn(-c2ccc(F)cc2)n1)Nc1ccnn1Cc1ccccc1F. The Labute approximate surface area is 165 Å². The first-order valence-corrected chi connectivity index (χ1v) is 8.94. The summed E-state index contributed by atoms with van der Waals surface area (Å²) in [5.74, 6) is -0.458. The van der Waals surface area contributed by atoms with E-state index in [1.807, 2.05) is 0 Å². The summed E-state index contributed by atoms with van der Waals surface area (Å²) in [4.78, 5) is 12.4. The highest BCUT2D eigenvalue weighted by Crippen LogP contribution is 2.14. The predicted molar refractivity (Wildman–Crippen MR) is 104 cm³/mol. The molecular weight excluding hydrogens is 376 g/mol. The Morgan fingerprint density at radius 2 is 1.79 bits per heavy atom. The highest BCUT2D eigenvalue weighted by atomic mass is 19.1. The van der Waals surface area contributed by atoms with Gasteiger partial charge in [-0.05, 0) is 36.4 Å². The maximum atomic E-state index is 13.9. The fourth-order valence-electron chi connectivity index (χ4n) is 2.90. The van der Waals surface area contributed by atoms with E-state index in [0.717, 1.165) is 0 Å². The van der Waals surface area contributed by atoms with Crippen molar-refractivity contribution in [2.24, 2.45) is 0 Å². The molecule has 146 valence electrons. The molecule has 4 aromatic rings. The van der Waals surface area contributed by atoms with Crippen LogP contribution in [-0.4, -0.2) is 25.5 Å². The average molecular weight is 393 g/mol. The normalized spacial score (nSPS) is 10.8. The minimum atomic E-state index is -0.327. The van der Waals surface area contributed by atoms with Crippen molar-refractivity contribution in [2.75, 3.05) is 5.32 Å². The number of nitrogens with one attached hydrogen (secondary N) is 1. The van der Waals surface area contributed by atoms with Gasteiger partial charge in [0.05, 0.1) is 30.5 Å². The number of nitrogens with zero attached hydrogens (tertiary/aromatic N) is 4. The second-order valence-electron chi connectivity index (χ2n) is 6.42. The van der Waals surface area contributed by atoms with E-state index in [2.05, 4.69) is 15.5 Å². The summed E-state index contributed by atoms with van der Waals surface area (Å²) in [5.41, 5.74) is 1.73. The van der Waals surface area contributed by atoms with Crippen molar-refractivity contribution in [1.82, 2.24) is 19.6 Å². The second-order valence-corrected chi connectivity index (χ2v) is 6.42. The highest BCUT2D eigenvalue weighted by Gasteiger charge is 2.12. The van der Waals surface area contributed by atoms with Crippen molar-refractivity contribution in [3.63, 3.8) is 0 Å². The largest absolute Gasteiger partial charge is 0.311 e. The van der Waals surface area contributed by atoms with Crippen LogP contribution in [0.25, 0.3) is 5.69 Å². The lowest BCUT2D eigenvalue weighted by atomic mass is 10.2. The van der Waals surface area contributed by atoms with E-state index in [9.17, 15) is 13.6 Å². The third kappa shape index (κ3) is 4.37. The van der Waals surface area contributed by atoms with Crippen LogP contribution in [-0.2, 0) is 17.8 Å². The van der Waals surface area contributed by atoms with Crippen LogP contribution in [0.1, 0.15) is 11.3 Å². The maximum Gasteiger partial charge on any atom is 0.231 e. The molecule has 29 heavy (non-hydrogen) atoms. The number of hydrogen-bond acceptors (Lipinski definition) is 3. The Hall–Kier alpha value is -3.81. The zero-order valence-corrected chi connectivity index (χ0v) is 15.3. The molecule has 2 aromatic heterocycles. The molecule has 0 saturated carbocycles. The molecular formula is C21H17F2N5O. The third-order valence-corrected chi connectivity index (χ3v) is 4.34. The van der Waals surface area contributed by atoms with Crippen molar-refractivity contribution in [3.05, 3.63) is 95.9 Å². The molecule has 0 bridgehead atoms. The van der Waals surface area contributed by atoms with Gasteiger partial charge < -0.3 is 5.32 Å². The maximum absolute atomic E-state index is 13.9. The monoisotopic (exact) mass is 393 g/mol. The van der Waals surface area contributed by atoms with E-state index in [0.29, 0.717) is 22.8 Å². The number of benzene rings is 2. The van der Waals surface area contributed by atoms with Gasteiger partial charge >= 0.3 is 0 Å². The summed E-state index contributed by atoms with van der Waals surface area (Å²) < 4.78 is 30.0. The fourth-order valence-corrected chi connectivity index (χ4v) is 2.90. The number of halogens is 2. The molecule has 0 aliphatic carbocycles. The van der Waals surface area contributed by atoms with E-state index in [-0.39, 0.29) is 30.5 Å². The van der Waals surface area contributed by atoms with Crippen molar-refractivity contribution < 1.29 is 13.6 Å². The molecule has 6 nitrogen and oxygen atoms in total. The van der Waals surface area contributed by atoms with E-state index >= 15 is 0 Å². The average Bonchev–Trinajstić information content (AvgIpc) is 3.34. The second kappa shape index (κ2) is 8.05. The van der Waals surface area contributed by atoms with Gasteiger partial charge in [0, 0.05) is 17.8 Å². The van der Waals surface area contributed by atoms with E-state index in [4.69, 9.17) is 0 Å². The van der Waals surface area contributed by atoms with E-state index in [1.54, 1.807) is 59.5 Å². The van der Waals surface area contributed by atoms with Gasteiger partial charge in [0.25, 0.3) is 0 Å². The molecule has 4 rings (SSSR count). The van der Waals surface area contributed by atoms with Gasteiger partial charge in [-0.15, -0.1) is 0 Å². The van der Waals surface area contributed by atoms with Gasteiger partial charge in [-0.3, -0.25) is 4.79 Å². The summed E-state index contributed by atoms with van der Waals surface area (Å²) in [7, 11) is 0. The van der Waals surface area contributed by atoms with E-state index < -0.39 is 0 Å². The Balaban J connectivity index is 1.42. The lowest BCUT2D eigenvalue weighted by Gasteiger charge is -2.09. The molecule has 0 radical (unpaired) electrons. The lowest BCUT2D eigenvalue weighted by Crippen LogP contribution is -2.18. The number of aromatic nitrogens is 4. The topological polar surface area (TPSA) is 64.7 Å². The van der Waals surface area contributed by atoms with Crippen molar-refractivity contribution in [3.8, 4) is 5.69 Å². The van der Waals surface area contributed by atoms with Crippen LogP contribution in [0.5, 0.6) is 0 Å². The molecule has 1 N–H and O–H groups in total. The van der Waals surface area contributed by atoms with Crippen molar-refractivity contribution in [1.29, 1.82) is 0 Å². The first kappa shape index (κ1) is 18.5. The minimum Gasteiger partial charge on any atom is -0.311 e. The quantitative estimate of drug-likeness (QED) is 0.545. The van der Waals surface area contributed by atoms with Gasteiger partial charge in [0.15, 0.2) is 0 Å². The molecule has 0 spiro atoms. The molecule has 0 fully saturated rings. The highest BCUT2D eigenvalue weighted by molar-refractivity contribution is 5.91. The Kier molecular flexibility index (Phi) is 5.15. The number of anilines is 1. The van der Waals surface area contributed by atoms with Crippen molar-refractivity contribution in [2.45, 2.75) is 13.0 Å². The first-order chi connectivity index (χ1) is 14.1. The number of amides is 1. The molecule has 2 heterocycles. The van der Waals surface area contributed by atoms with Gasteiger partial charge in [-0.2, -0.15) is 10.2 Å². The summed E-state index contributed by atoms with van der Waals surface area (Å²) in [5, 5.41) is 11.3. The van der Waals surface area contributed by atoms with Crippen LogP contribution in [0.3, 0.4) is 0 Å². The molecule has 0 aliphatic heterocycles. The van der Waals surface area contributed by atoms with Gasteiger partial charge in [0.1, 0.15) is 17.5 Å². The summed E-state index contributed by atoms with van der Waals surface area (Å²) in [6.45, 7) is 0.203. The molecule has 1 amide bonds. The van der Waals surface area contributed by atoms with Crippen LogP contribution in [0, 0.1) is 11.6 Å². The Morgan fingerprint density at radius 1 is 1.00 bits per heavy atom. The summed E-state index contributed by atoms with van der Waals surface area (Å²) in [6.07, 6.45) is 3.30.